The summed E-state index contributed by atoms with van der Waals surface area (Å²) in [7, 11) is -1.67. The Morgan fingerprint density at radius 3 is 2.52 bits per heavy atom. The van der Waals surface area contributed by atoms with Crippen LogP contribution in [0.4, 0.5) is 5.69 Å². The van der Waals surface area contributed by atoms with Crippen LogP contribution in [0, 0.1) is 13.8 Å². The van der Waals surface area contributed by atoms with Crippen molar-refractivity contribution in [1.29, 1.82) is 0 Å². The van der Waals surface area contributed by atoms with Gasteiger partial charge in [0, 0.05) is 63.4 Å². The van der Waals surface area contributed by atoms with Gasteiger partial charge in [0.05, 0.1) is 22.6 Å². The van der Waals surface area contributed by atoms with Gasteiger partial charge in [-0.05, 0) is 94.1 Å². The minimum absolute atomic E-state index is 0.0628. The molecule has 1 aliphatic carbocycles. The maximum absolute atomic E-state index is 13.5. The number of halogens is 2. The number of likely N-dealkylation sites (N-methyl/N-ethyl adjacent to an activating group) is 1. The van der Waals surface area contributed by atoms with Crippen molar-refractivity contribution in [2.45, 2.75) is 68.7 Å². The van der Waals surface area contributed by atoms with E-state index in [4.69, 9.17) is 23.2 Å². The van der Waals surface area contributed by atoms with Crippen LogP contribution in [0.3, 0.4) is 0 Å². The van der Waals surface area contributed by atoms with Crippen LogP contribution in [-0.2, 0) is 31.6 Å². The van der Waals surface area contributed by atoms with Crippen molar-refractivity contribution in [3.8, 4) is 0 Å². The molecule has 3 heterocycles. The first-order valence-electron chi connectivity index (χ1n) is 14.9. The molecule has 44 heavy (non-hydrogen) atoms. The predicted octanol–water partition coefficient (Wildman–Crippen LogP) is 6.03. The van der Waals surface area contributed by atoms with E-state index in [-0.39, 0.29) is 45.0 Å². The van der Waals surface area contributed by atoms with E-state index in [0.717, 1.165) is 42.8 Å². The molecule has 0 unspecified atom stereocenters. The summed E-state index contributed by atoms with van der Waals surface area (Å²) in [6, 6.07) is 10.4. The van der Waals surface area contributed by atoms with Gasteiger partial charge in [-0.1, -0.05) is 29.3 Å². The van der Waals surface area contributed by atoms with Crippen molar-refractivity contribution in [2.75, 3.05) is 25.5 Å². The third-order valence-electron chi connectivity index (χ3n) is 9.14. The second-order valence-corrected chi connectivity index (χ2v) is 15.0. The number of aromatic amines is 1. The van der Waals surface area contributed by atoms with E-state index < -0.39 is 9.84 Å². The summed E-state index contributed by atoms with van der Waals surface area (Å²) in [5, 5.41) is 3.38. The molecule has 2 N–H and O–H groups in total. The first-order valence-corrected chi connectivity index (χ1v) is 17.3. The van der Waals surface area contributed by atoms with Gasteiger partial charge in [-0.2, -0.15) is 0 Å². The lowest BCUT2D eigenvalue weighted by molar-refractivity contribution is -0.131. The number of nitrogens with one attached hydrogen (secondary N) is 2. The predicted molar refractivity (Wildman–Crippen MR) is 175 cm³/mol. The highest BCUT2D eigenvalue weighted by atomic mass is 35.5. The molecular formula is C33H36Cl2N4O4S. The van der Waals surface area contributed by atoms with Gasteiger partial charge >= 0.3 is 0 Å². The Morgan fingerprint density at radius 2 is 1.82 bits per heavy atom. The molecule has 1 atom stereocenters. The standard InChI is InChI=1S/C33H36Cl2N4O4S/c1-19-24(16-32(40)39-13-5-6-22(39)17-38(3)21-9-10-21)20(2)36-31(19)15-26-25-14-23(11-12-30(25)37-33(26)41)44(42,43)18-27-28(34)7-4-8-29(27)35/h4,7-8,11-12,14-15,21-22,36H,5-6,9-10,13,16-18H2,1-3H3,(H,37,41)/t22-/m0/s1. The number of aryl methyl sites for hydroxylation is 1. The van der Waals surface area contributed by atoms with Crippen molar-refractivity contribution in [3.63, 3.8) is 0 Å². The quantitative estimate of drug-likeness (QED) is 0.274. The van der Waals surface area contributed by atoms with Crippen molar-refractivity contribution < 1.29 is 18.0 Å². The number of aromatic nitrogens is 1. The van der Waals surface area contributed by atoms with Crippen LogP contribution in [0.25, 0.3) is 11.6 Å². The van der Waals surface area contributed by atoms with E-state index in [9.17, 15) is 18.0 Å². The number of likely N-dealkylation sites (tertiary alicyclic amines) is 1. The molecule has 2 fully saturated rings. The van der Waals surface area contributed by atoms with E-state index in [0.29, 0.717) is 34.1 Å². The van der Waals surface area contributed by atoms with Crippen LogP contribution < -0.4 is 5.32 Å². The highest BCUT2D eigenvalue weighted by Crippen LogP contribution is 2.37. The summed E-state index contributed by atoms with van der Waals surface area (Å²) in [6.45, 7) is 5.58. The molecule has 2 amide bonds. The minimum atomic E-state index is -3.83. The lowest BCUT2D eigenvalue weighted by atomic mass is 10.0. The fourth-order valence-electron chi connectivity index (χ4n) is 6.42. The summed E-state index contributed by atoms with van der Waals surface area (Å²) in [5.41, 5.74) is 5.11. The fraction of sp³-hybridized carbons (Fsp3) is 0.394. The highest BCUT2D eigenvalue weighted by molar-refractivity contribution is 7.90. The molecule has 8 nitrogen and oxygen atoms in total. The number of rotatable bonds is 9. The van der Waals surface area contributed by atoms with E-state index in [1.54, 1.807) is 30.3 Å². The van der Waals surface area contributed by atoms with Crippen LogP contribution in [0.2, 0.25) is 10.0 Å². The molecule has 1 saturated carbocycles. The molecule has 1 aromatic heterocycles. The van der Waals surface area contributed by atoms with Crippen LogP contribution in [-0.4, -0.2) is 67.2 Å². The minimum Gasteiger partial charge on any atom is -0.359 e. The zero-order valence-corrected chi connectivity index (χ0v) is 27.4. The number of hydrogen-bond donors (Lipinski definition) is 2. The number of amides is 2. The van der Waals surface area contributed by atoms with Gasteiger partial charge in [0.25, 0.3) is 5.91 Å². The number of benzene rings is 2. The SMILES string of the molecule is Cc1[nH]c(C=C2C(=O)Nc3ccc(S(=O)(=O)Cc4c(Cl)cccc4Cl)cc32)c(C)c1CC(=O)N1CCC[C@H]1CN(C)C1CC1. The molecule has 2 aliphatic heterocycles. The van der Waals surface area contributed by atoms with Crippen molar-refractivity contribution >= 4 is 62.2 Å². The maximum Gasteiger partial charge on any atom is 0.256 e. The second-order valence-electron chi connectivity index (χ2n) is 12.2. The summed E-state index contributed by atoms with van der Waals surface area (Å²) in [5.74, 6) is -0.572. The zero-order valence-electron chi connectivity index (χ0n) is 25.0. The summed E-state index contributed by atoms with van der Waals surface area (Å²) in [6.07, 6.45) is 6.57. The number of anilines is 1. The monoisotopic (exact) mass is 654 g/mol. The Balaban J connectivity index is 1.24. The third-order valence-corrected chi connectivity index (χ3v) is 11.5. The van der Waals surface area contributed by atoms with Crippen LogP contribution >= 0.6 is 23.2 Å². The summed E-state index contributed by atoms with van der Waals surface area (Å²) in [4.78, 5) is 34.4. The molecular weight excluding hydrogens is 619 g/mol. The van der Waals surface area contributed by atoms with Gasteiger partial charge in [0.2, 0.25) is 5.91 Å². The molecule has 6 rings (SSSR count). The van der Waals surface area contributed by atoms with E-state index in [2.05, 4.69) is 22.2 Å². The molecule has 3 aliphatic rings. The summed E-state index contributed by atoms with van der Waals surface area (Å²) >= 11 is 12.5. The van der Waals surface area contributed by atoms with Crippen molar-refractivity contribution in [2.24, 2.45) is 0 Å². The fourth-order valence-corrected chi connectivity index (χ4v) is 8.54. The van der Waals surface area contributed by atoms with E-state index in [1.165, 1.54) is 25.0 Å². The molecule has 1 saturated heterocycles. The Kier molecular flexibility index (Phi) is 8.43. The zero-order chi connectivity index (χ0) is 31.3. The van der Waals surface area contributed by atoms with Gasteiger partial charge in [0.15, 0.2) is 9.84 Å². The first kappa shape index (κ1) is 30.9. The van der Waals surface area contributed by atoms with Gasteiger partial charge < -0.3 is 20.1 Å². The number of carbonyl (C=O) groups excluding carboxylic acids is 2. The number of hydrogen-bond acceptors (Lipinski definition) is 5. The van der Waals surface area contributed by atoms with Crippen LogP contribution in [0.5, 0.6) is 0 Å². The van der Waals surface area contributed by atoms with Crippen LogP contribution in [0.1, 0.15) is 59.3 Å². The van der Waals surface area contributed by atoms with Crippen molar-refractivity contribution in [3.05, 3.63) is 80.1 Å². The molecule has 3 aromatic rings. The Morgan fingerprint density at radius 1 is 1.09 bits per heavy atom. The van der Waals surface area contributed by atoms with Crippen molar-refractivity contribution in [1.82, 2.24) is 14.8 Å². The molecule has 2 aromatic carbocycles. The normalized spacial score (nSPS) is 19.2. The first-order chi connectivity index (χ1) is 20.9. The van der Waals surface area contributed by atoms with E-state index in [1.807, 2.05) is 18.7 Å². The number of fused-ring (bicyclic) bond motifs is 1. The average molecular weight is 656 g/mol. The molecule has 11 heteroatoms. The number of nitrogens with zero attached hydrogens (tertiary/aromatic N) is 2. The van der Waals surface area contributed by atoms with E-state index >= 15 is 0 Å². The molecule has 0 bridgehead atoms. The number of H-pyrrole nitrogens is 1. The Bertz CT molecular complexity index is 1770. The lowest BCUT2D eigenvalue weighted by Crippen LogP contribution is -2.43. The topological polar surface area (TPSA) is 103 Å². The van der Waals surface area contributed by atoms with Gasteiger partial charge in [-0.25, -0.2) is 8.42 Å². The van der Waals surface area contributed by atoms with Crippen LogP contribution in [0.15, 0.2) is 41.3 Å². The smallest absolute Gasteiger partial charge is 0.256 e. The number of carbonyl (C=O) groups is 2. The Hall–Kier alpha value is -3.11. The van der Waals surface area contributed by atoms with Gasteiger partial charge in [-0.3, -0.25) is 9.59 Å². The molecule has 0 radical (unpaired) electrons. The molecule has 0 spiro atoms. The highest BCUT2D eigenvalue weighted by Gasteiger charge is 2.34. The Labute approximate surface area is 268 Å². The average Bonchev–Trinajstić information content (AvgIpc) is 3.58. The lowest BCUT2D eigenvalue weighted by Gasteiger charge is -2.29. The largest absolute Gasteiger partial charge is 0.359 e. The molecule has 232 valence electrons. The number of sulfone groups is 1. The maximum atomic E-state index is 13.5. The summed E-state index contributed by atoms with van der Waals surface area (Å²) < 4.78 is 26.8. The third kappa shape index (κ3) is 6.07. The van der Waals surface area contributed by atoms with Gasteiger partial charge in [0.1, 0.15) is 0 Å². The second kappa shape index (κ2) is 12.0. The van der Waals surface area contributed by atoms with Gasteiger partial charge in [-0.15, -0.1) is 0 Å².